The predicted octanol–water partition coefficient (Wildman–Crippen LogP) is 3.04. The second-order valence-corrected chi connectivity index (χ2v) is 7.21. The number of benzene rings is 1. The van der Waals surface area contributed by atoms with Gasteiger partial charge in [-0.15, -0.1) is 12.4 Å². The van der Waals surface area contributed by atoms with Crippen LogP contribution in [-0.2, 0) is 10.2 Å². The van der Waals surface area contributed by atoms with E-state index >= 15 is 0 Å². The van der Waals surface area contributed by atoms with Gasteiger partial charge in [0.25, 0.3) is 5.91 Å². The Morgan fingerprint density at radius 2 is 1.96 bits per heavy atom. The molecule has 2 N–H and O–H groups in total. The quantitative estimate of drug-likeness (QED) is 0.885. The zero-order valence-corrected chi connectivity index (χ0v) is 15.3. The van der Waals surface area contributed by atoms with Crippen molar-refractivity contribution in [1.82, 2.24) is 10.6 Å². The fraction of sp³-hybridized carbons (Fsp3) is 0.611. The van der Waals surface area contributed by atoms with Gasteiger partial charge in [-0.05, 0) is 49.4 Å². The van der Waals surface area contributed by atoms with Crippen LogP contribution < -0.4 is 15.4 Å². The van der Waals surface area contributed by atoms with Gasteiger partial charge in [-0.1, -0.05) is 32.9 Å². The molecule has 0 radical (unpaired) electrons. The van der Waals surface area contributed by atoms with Crippen LogP contribution in [-0.4, -0.2) is 31.1 Å². The first-order valence-corrected chi connectivity index (χ1v) is 8.10. The Kier molecular flexibility index (Phi) is 7.36. The van der Waals surface area contributed by atoms with Crippen LogP contribution in [0.1, 0.15) is 46.1 Å². The minimum absolute atomic E-state index is 0. The highest BCUT2D eigenvalue weighted by Gasteiger charge is 2.20. The zero-order valence-electron chi connectivity index (χ0n) is 14.5. The highest BCUT2D eigenvalue weighted by Crippen LogP contribution is 2.24. The Bertz CT molecular complexity index is 497. The lowest BCUT2D eigenvalue weighted by Crippen LogP contribution is -2.47. The number of carbonyl (C=O) groups is 1. The molecule has 0 bridgehead atoms. The van der Waals surface area contributed by atoms with E-state index in [0.29, 0.717) is 6.04 Å². The van der Waals surface area contributed by atoms with Crippen molar-refractivity contribution in [3.8, 4) is 5.75 Å². The van der Waals surface area contributed by atoms with Crippen molar-refractivity contribution >= 4 is 18.3 Å². The molecule has 2 rings (SSSR count). The molecule has 1 aromatic carbocycles. The molecular formula is C18H29ClN2O2. The molecule has 1 saturated heterocycles. The standard InChI is InChI=1S/C18H28N2O2.ClH/c1-13-11-15(9-10-19-13)20-17(21)12-22-16-7-5-14(6-8-16)18(2,3)4;/h5-8,13,15,19H,9-12H2,1-4H3,(H,20,21);1H. The Hall–Kier alpha value is -1.26. The van der Waals surface area contributed by atoms with E-state index in [-0.39, 0.29) is 36.4 Å². The number of piperidine rings is 1. The maximum absolute atomic E-state index is 12.0. The molecule has 130 valence electrons. The Morgan fingerprint density at radius 1 is 1.30 bits per heavy atom. The van der Waals surface area contributed by atoms with E-state index in [1.165, 1.54) is 5.56 Å². The number of amides is 1. The monoisotopic (exact) mass is 340 g/mol. The van der Waals surface area contributed by atoms with E-state index in [4.69, 9.17) is 4.74 Å². The number of ether oxygens (including phenoxy) is 1. The van der Waals surface area contributed by atoms with Gasteiger partial charge in [-0.25, -0.2) is 0 Å². The lowest BCUT2D eigenvalue weighted by Gasteiger charge is -2.28. The molecule has 23 heavy (non-hydrogen) atoms. The number of halogens is 1. The number of hydrogen-bond donors (Lipinski definition) is 2. The third-order valence-electron chi connectivity index (χ3n) is 4.08. The Labute approximate surface area is 145 Å². The molecule has 2 atom stereocenters. The molecule has 0 spiro atoms. The molecule has 0 saturated carbocycles. The SMILES string of the molecule is CC1CC(NC(=O)COc2ccc(C(C)(C)C)cc2)CCN1.Cl. The van der Waals surface area contributed by atoms with Crippen molar-refractivity contribution in [2.45, 2.75) is 58.0 Å². The lowest BCUT2D eigenvalue weighted by molar-refractivity contribution is -0.124. The second-order valence-electron chi connectivity index (χ2n) is 7.21. The van der Waals surface area contributed by atoms with E-state index in [2.05, 4.69) is 50.5 Å². The maximum Gasteiger partial charge on any atom is 0.258 e. The van der Waals surface area contributed by atoms with Crippen LogP contribution in [0.5, 0.6) is 5.75 Å². The summed E-state index contributed by atoms with van der Waals surface area (Å²) in [6.45, 7) is 9.71. The fourth-order valence-electron chi connectivity index (χ4n) is 2.73. The molecule has 1 aliphatic heterocycles. The van der Waals surface area contributed by atoms with E-state index in [1.807, 2.05) is 12.1 Å². The molecule has 1 amide bonds. The summed E-state index contributed by atoms with van der Waals surface area (Å²) in [5.41, 5.74) is 1.38. The summed E-state index contributed by atoms with van der Waals surface area (Å²) in [6.07, 6.45) is 1.96. The van der Waals surface area contributed by atoms with Crippen molar-refractivity contribution in [2.24, 2.45) is 0 Å². The van der Waals surface area contributed by atoms with Gasteiger partial charge in [0, 0.05) is 12.1 Å². The maximum atomic E-state index is 12.0. The van der Waals surface area contributed by atoms with Crippen LogP contribution in [0.25, 0.3) is 0 Å². The van der Waals surface area contributed by atoms with Crippen molar-refractivity contribution in [3.63, 3.8) is 0 Å². The highest BCUT2D eigenvalue weighted by atomic mass is 35.5. The van der Waals surface area contributed by atoms with Gasteiger partial charge in [0.1, 0.15) is 5.75 Å². The van der Waals surface area contributed by atoms with Gasteiger partial charge in [-0.3, -0.25) is 4.79 Å². The van der Waals surface area contributed by atoms with Gasteiger partial charge in [0.15, 0.2) is 6.61 Å². The molecule has 1 aliphatic rings. The van der Waals surface area contributed by atoms with Crippen LogP contribution in [0.15, 0.2) is 24.3 Å². The molecule has 5 heteroatoms. The third kappa shape index (κ3) is 6.40. The summed E-state index contributed by atoms with van der Waals surface area (Å²) in [4.78, 5) is 12.0. The zero-order chi connectivity index (χ0) is 16.2. The van der Waals surface area contributed by atoms with Crippen LogP contribution in [0.4, 0.5) is 0 Å². The van der Waals surface area contributed by atoms with Crippen LogP contribution in [0.3, 0.4) is 0 Å². The Morgan fingerprint density at radius 3 is 2.52 bits per heavy atom. The molecule has 1 fully saturated rings. The van der Waals surface area contributed by atoms with Crippen LogP contribution >= 0.6 is 12.4 Å². The number of hydrogen-bond acceptors (Lipinski definition) is 3. The third-order valence-corrected chi connectivity index (χ3v) is 4.08. The van der Waals surface area contributed by atoms with E-state index in [9.17, 15) is 4.79 Å². The summed E-state index contributed by atoms with van der Waals surface area (Å²) in [5.74, 6) is 0.695. The number of rotatable bonds is 4. The molecule has 1 aromatic rings. The van der Waals surface area contributed by atoms with Crippen LogP contribution in [0, 0.1) is 0 Å². The van der Waals surface area contributed by atoms with E-state index in [0.717, 1.165) is 25.1 Å². The summed E-state index contributed by atoms with van der Waals surface area (Å²) < 4.78 is 5.58. The number of carbonyl (C=O) groups excluding carboxylic acids is 1. The van der Waals surface area contributed by atoms with Crippen molar-refractivity contribution in [2.75, 3.05) is 13.2 Å². The van der Waals surface area contributed by atoms with Gasteiger partial charge in [-0.2, -0.15) is 0 Å². The van der Waals surface area contributed by atoms with Gasteiger partial charge in [0.2, 0.25) is 0 Å². The highest BCUT2D eigenvalue weighted by molar-refractivity contribution is 5.85. The minimum Gasteiger partial charge on any atom is -0.484 e. The summed E-state index contributed by atoms with van der Waals surface area (Å²) in [5, 5.41) is 6.43. The molecule has 0 aromatic heterocycles. The van der Waals surface area contributed by atoms with Gasteiger partial charge in [0.05, 0.1) is 0 Å². The average Bonchev–Trinajstić information content (AvgIpc) is 2.45. The lowest BCUT2D eigenvalue weighted by atomic mass is 9.87. The second kappa shape index (κ2) is 8.55. The van der Waals surface area contributed by atoms with Crippen molar-refractivity contribution in [1.29, 1.82) is 0 Å². The average molecular weight is 341 g/mol. The van der Waals surface area contributed by atoms with Crippen LogP contribution in [0.2, 0.25) is 0 Å². The summed E-state index contributed by atoms with van der Waals surface area (Å²) in [7, 11) is 0. The first-order chi connectivity index (χ1) is 10.3. The van der Waals surface area contributed by atoms with E-state index in [1.54, 1.807) is 0 Å². The molecular weight excluding hydrogens is 312 g/mol. The largest absolute Gasteiger partial charge is 0.484 e. The molecule has 1 heterocycles. The summed E-state index contributed by atoms with van der Waals surface area (Å²) >= 11 is 0. The normalized spacial score (nSPS) is 21.2. The summed E-state index contributed by atoms with van der Waals surface area (Å²) in [6, 6.07) is 8.70. The van der Waals surface area contributed by atoms with Gasteiger partial charge >= 0.3 is 0 Å². The fourth-order valence-corrected chi connectivity index (χ4v) is 2.73. The predicted molar refractivity (Wildman–Crippen MR) is 96.5 cm³/mol. The molecule has 2 unspecified atom stereocenters. The minimum atomic E-state index is -0.0426. The van der Waals surface area contributed by atoms with Crippen molar-refractivity contribution < 1.29 is 9.53 Å². The topological polar surface area (TPSA) is 50.4 Å². The Balaban J connectivity index is 0.00000264. The van der Waals surface area contributed by atoms with Crippen molar-refractivity contribution in [3.05, 3.63) is 29.8 Å². The number of nitrogens with one attached hydrogen (secondary N) is 2. The first-order valence-electron chi connectivity index (χ1n) is 8.10. The first kappa shape index (κ1) is 19.8. The van der Waals surface area contributed by atoms with Gasteiger partial charge < -0.3 is 15.4 Å². The molecule has 0 aliphatic carbocycles. The molecule has 4 nitrogen and oxygen atoms in total. The smallest absolute Gasteiger partial charge is 0.258 e. The van der Waals surface area contributed by atoms with E-state index < -0.39 is 0 Å².